The second kappa shape index (κ2) is 9.04. The lowest BCUT2D eigenvalue weighted by molar-refractivity contribution is -0.121. The SMILES string of the molecule is COc1ccc(N(C)C(=O)C(C)C)cc1NS(=O)(=O)c1ccc(-c2ccc(C)o2)c(F)c1. The molecule has 1 heterocycles. The Balaban J connectivity index is 1.94. The highest BCUT2D eigenvalue weighted by Crippen LogP contribution is 2.33. The van der Waals surface area contributed by atoms with Gasteiger partial charge in [-0.05, 0) is 55.5 Å². The van der Waals surface area contributed by atoms with Crippen LogP contribution >= 0.6 is 0 Å². The lowest BCUT2D eigenvalue weighted by atomic mass is 10.1. The molecule has 170 valence electrons. The van der Waals surface area contributed by atoms with E-state index < -0.39 is 15.8 Å². The summed E-state index contributed by atoms with van der Waals surface area (Å²) in [6.07, 6.45) is 0. The average Bonchev–Trinajstić information content (AvgIpc) is 3.18. The number of hydrogen-bond acceptors (Lipinski definition) is 5. The number of anilines is 2. The van der Waals surface area contributed by atoms with E-state index in [9.17, 15) is 17.6 Å². The van der Waals surface area contributed by atoms with Gasteiger partial charge in [-0.2, -0.15) is 0 Å². The highest BCUT2D eigenvalue weighted by molar-refractivity contribution is 7.92. The minimum absolute atomic E-state index is 0.125. The first-order chi connectivity index (χ1) is 15.0. The number of hydrogen-bond donors (Lipinski definition) is 1. The number of carbonyl (C=O) groups excluding carboxylic acids is 1. The van der Waals surface area contributed by atoms with E-state index in [4.69, 9.17) is 9.15 Å². The Morgan fingerprint density at radius 3 is 2.41 bits per heavy atom. The van der Waals surface area contributed by atoms with Crippen molar-refractivity contribution in [3.8, 4) is 17.1 Å². The van der Waals surface area contributed by atoms with Crippen molar-refractivity contribution in [3.63, 3.8) is 0 Å². The Morgan fingerprint density at radius 1 is 1.12 bits per heavy atom. The van der Waals surface area contributed by atoms with Crippen LogP contribution in [0.5, 0.6) is 5.75 Å². The van der Waals surface area contributed by atoms with Crippen LogP contribution in [0.25, 0.3) is 11.3 Å². The molecule has 0 aliphatic rings. The molecule has 3 rings (SSSR count). The largest absolute Gasteiger partial charge is 0.495 e. The van der Waals surface area contributed by atoms with Gasteiger partial charge >= 0.3 is 0 Å². The van der Waals surface area contributed by atoms with Gasteiger partial charge in [-0.15, -0.1) is 0 Å². The summed E-state index contributed by atoms with van der Waals surface area (Å²) in [7, 11) is -1.14. The van der Waals surface area contributed by atoms with Gasteiger partial charge in [0.25, 0.3) is 10.0 Å². The highest BCUT2D eigenvalue weighted by Gasteiger charge is 2.22. The van der Waals surface area contributed by atoms with Crippen molar-refractivity contribution in [1.82, 2.24) is 0 Å². The smallest absolute Gasteiger partial charge is 0.262 e. The van der Waals surface area contributed by atoms with Gasteiger partial charge in [0.15, 0.2) is 0 Å². The number of nitrogens with zero attached hydrogens (tertiary/aromatic N) is 1. The number of methoxy groups -OCH3 is 1. The van der Waals surface area contributed by atoms with Crippen LogP contribution in [0.2, 0.25) is 0 Å². The predicted octanol–water partition coefficient (Wildman–Crippen LogP) is 4.82. The number of aryl methyl sites for hydroxylation is 1. The maximum Gasteiger partial charge on any atom is 0.262 e. The van der Waals surface area contributed by atoms with Gasteiger partial charge in [-0.3, -0.25) is 9.52 Å². The molecule has 1 amide bonds. The first kappa shape index (κ1) is 23.3. The Kier molecular flexibility index (Phi) is 6.59. The molecule has 0 fully saturated rings. The molecule has 9 heteroatoms. The van der Waals surface area contributed by atoms with Gasteiger partial charge in [-0.25, -0.2) is 12.8 Å². The average molecular weight is 461 g/mol. The second-order valence-electron chi connectivity index (χ2n) is 7.59. The number of benzene rings is 2. The van der Waals surface area contributed by atoms with Crippen LogP contribution in [0.4, 0.5) is 15.8 Å². The van der Waals surface area contributed by atoms with Crippen molar-refractivity contribution in [2.24, 2.45) is 5.92 Å². The maximum atomic E-state index is 14.7. The van der Waals surface area contributed by atoms with Crippen LogP contribution < -0.4 is 14.4 Å². The van der Waals surface area contributed by atoms with E-state index in [1.165, 1.54) is 30.2 Å². The van der Waals surface area contributed by atoms with Crippen molar-refractivity contribution in [1.29, 1.82) is 0 Å². The molecule has 0 aliphatic carbocycles. The Morgan fingerprint density at radius 2 is 1.84 bits per heavy atom. The third kappa shape index (κ3) is 4.77. The third-order valence-electron chi connectivity index (χ3n) is 4.90. The number of carbonyl (C=O) groups is 1. The first-order valence-electron chi connectivity index (χ1n) is 9.88. The Hall–Kier alpha value is -3.33. The number of rotatable bonds is 7. The van der Waals surface area contributed by atoms with E-state index in [2.05, 4.69) is 4.72 Å². The topological polar surface area (TPSA) is 88.9 Å². The summed E-state index contributed by atoms with van der Waals surface area (Å²) in [5, 5.41) is 0. The summed E-state index contributed by atoms with van der Waals surface area (Å²) in [4.78, 5) is 13.5. The molecule has 0 radical (unpaired) electrons. The molecular weight excluding hydrogens is 435 g/mol. The molecule has 7 nitrogen and oxygen atoms in total. The van der Waals surface area contributed by atoms with Crippen LogP contribution in [0.3, 0.4) is 0 Å². The molecule has 0 aliphatic heterocycles. The summed E-state index contributed by atoms with van der Waals surface area (Å²) in [6.45, 7) is 5.28. The molecule has 1 aromatic heterocycles. The van der Waals surface area contributed by atoms with Crippen LogP contribution in [-0.4, -0.2) is 28.5 Å². The molecule has 0 spiro atoms. The fraction of sp³-hybridized carbons (Fsp3) is 0.261. The summed E-state index contributed by atoms with van der Waals surface area (Å²) >= 11 is 0. The molecule has 0 unspecified atom stereocenters. The van der Waals surface area contributed by atoms with Crippen molar-refractivity contribution >= 4 is 27.3 Å². The van der Waals surface area contributed by atoms with Gasteiger partial charge in [0.05, 0.1) is 23.3 Å². The van der Waals surface area contributed by atoms with E-state index in [0.717, 1.165) is 6.07 Å². The Bertz CT molecular complexity index is 1250. The Labute approximate surface area is 186 Å². The van der Waals surface area contributed by atoms with Gasteiger partial charge in [0.1, 0.15) is 23.1 Å². The summed E-state index contributed by atoms with van der Waals surface area (Å²) in [5.41, 5.74) is 0.766. The molecule has 0 bridgehead atoms. The van der Waals surface area contributed by atoms with Gasteiger partial charge < -0.3 is 14.1 Å². The second-order valence-corrected chi connectivity index (χ2v) is 9.28. The van der Waals surface area contributed by atoms with Crippen molar-refractivity contribution < 1.29 is 26.8 Å². The van der Waals surface area contributed by atoms with Crippen LogP contribution in [0.1, 0.15) is 19.6 Å². The van der Waals surface area contributed by atoms with Gasteiger partial charge in [-0.1, -0.05) is 13.8 Å². The zero-order valence-corrected chi connectivity index (χ0v) is 19.3. The lowest BCUT2D eigenvalue weighted by Gasteiger charge is -2.21. The van der Waals surface area contributed by atoms with E-state index >= 15 is 0 Å². The molecule has 2 aromatic carbocycles. The van der Waals surface area contributed by atoms with E-state index in [1.807, 2.05) is 0 Å². The first-order valence-corrected chi connectivity index (χ1v) is 11.4. The zero-order valence-electron chi connectivity index (χ0n) is 18.5. The molecular formula is C23H25FN2O5S. The van der Waals surface area contributed by atoms with E-state index in [1.54, 1.807) is 52.1 Å². The van der Waals surface area contributed by atoms with Crippen LogP contribution in [-0.2, 0) is 14.8 Å². The molecule has 3 aromatic rings. The number of nitrogens with one attached hydrogen (secondary N) is 1. The zero-order chi connectivity index (χ0) is 23.6. The number of sulfonamides is 1. The summed E-state index contributed by atoms with van der Waals surface area (Å²) in [6, 6.07) is 11.6. The van der Waals surface area contributed by atoms with Crippen molar-refractivity contribution in [3.05, 3.63) is 60.1 Å². The standard InChI is InChI=1S/C23H25FN2O5S/c1-14(2)23(27)26(4)16-7-11-22(30-5)20(12-16)25-32(28,29)17-8-9-18(19(24)13-17)21-10-6-15(3)31-21/h6-14,25H,1-5H3. The number of halogens is 1. The van der Waals surface area contributed by atoms with Crippen molar-refractivity contribution in [2.75, 3.05) is 23.8 Å². The third-order valence-corrected chi connectivity index (χ3v) is 6.26. The van der Waals surface area contributed by atoms with E-state index in [0.29, 0.717) is 17.2 Å². The predicted molar refractivity (Wildman–Crippen MR) is 121 cm³/mol. The quantitative estimate of drug-likeness (QED) is 0.546. The monoisotopic (exact) mass is 460 g/mol. The molecule has 0 atom stereocenters. The summed E-state index contributed by atoms with van der Waals surface area (Å²) in [5.74, 6) is 0.0855. The van der Waals surface area contributed by atoms with Crippen LogP contribution in [0, 0.1) is 18.7 Å². The van der Waals surface area contributed by atoms with Gasteiger partial charge in [0, 0.05) is 18.7 Å². The minimum atomic E-state index is -4.15. The number of furan rings is 1. The fourth-order valence-corrected chi connectivity index (χ4v) is 4.22. The molecule has 0 saturated carbocycles. The normalized spacial score (nSPS) is 11.5. The molecule has 1 N–H and O–H groups in total. The molecule has 32 heavy (non-hydrogen) atoms. The van der Waals surface area contributed by atoms with E-state index in [-0.39, 0.29) is 33.7 Å². The number of amides is 1. The van der Waals surface area contributed by atoms with Crippen LogP contribution in [0.15, 0.2) is 57.8 Å². The number of ether oxygens (including phenoxy) is 1. The molecule has 0 saturated heterocycles. The highest BCUT2D eigenvalue weighted by atomic mass is 32.2. The van der Waals surface area contributed by atoms with Crippen molar-refractivity contribution in [2.45, 2.75) is 25.7 Å². The lowest BCUT2D eigenvalue weighted by Crippen LogP contribution is -2.30. The minimum Gasteiger partial charge on any atom is -0.495 e. The maximum absolute atomic E-state index is 14.7. The fourth-order valence-electron chi connectivity index (χ4n) is 3.14. The summed E-state index contributed by atoms with van der Waals surface area (Å²) < 4.78 is 53.7. The van der Waals surface area contributed by atoms with Gasteiger partial charge in [0.2, 0.25) is 5.91 Å².